The van der Waals surface area contributed by atoms with Crippen molar-refractivity contribution >= 4 is 17.4 Å². The molecule has 2 bridgehead atoms. The Bertz CT molecular complexity index is 1010. The number of aromatic nitrogens is 1. The van der Waals surface area contributed by atoms with Crippen molar-refractivity contribution in [3.8, 4) is 0 Å². The van der Waals surface area contributed by atoms with E-state index < -0.39 is 23.8 Å². The summed E-state index contributed by atoms with van der Waals surface area (Å²) in [6, 6.07) is 2.80. The van der Waals surface area contributed by atoms with Gasteiger partial charge in [0.25, 0.3) is 5.56 Å². The normalized spacial score (nSPS) is 29.6. The van der Waals surface area contributed by atoms with Gasteiger partial charge in [0.2, 0.25) is 5.91 Å². The molecule has 1 saturated heterocycles. The number of pyridine rings is 1. The maximum Gasteiger partial charge on any atom is 0.311 e. The molecule has 1 amide bonds. The van der Waals surface area contributed by atoms with Crippen molar-refractivity contribution < 1.29 is 19.4 Å². The van der Waals surface area contributed by atoms with Crippen molar-refractivity contribution in [3.05, 3.63) is 39.8 Å². The van der Waals surface area contributed by atoms with Crippen LogP contribution in [0.15, 0.2) is 23.0 Å². The molecular formula is C25H32N2O5. The van der Waals surface area contributed by atoms with Crippen LogP contribution in [-0.2, 0) is 20.9 Å². The number of esters is 1. The van der Waals surface area contributed by atoms with E-state index in [4.69, 9.17) is 4.74 Å². The second-order valence-corrected chi connectivity index (χ2v) is 9.70. The van der Waals surface area contributed by atoms with E-state index in [1.165, 1.54) is 7.11 Å². The highest BCUT2D eigenvalue weighted by Crippen LogP contribution is 2.50. The van der Waals surface area contributed by atoms with Crippen LogP contribution in [0.5, 0.6) is 0 Å². The van der Waals surface area contributed by atoms with Crippen LogP contribution < -0.4 is 5.56 Å². The summed E-state index contributed by atoms with van der Waals surface area (Å²) in [7, 11) is 1.34. The number of nitrogens with zero attached hydrogens (tertiary/aromatic N) is 2. The minimum absolute atomic E-state index is 0.0503. The highest BCUT2D eigenvalue weighted by Gasteiger charge is 2.58. The predicted molar refractivity (Wildman–Crippen MR) is 119 cm³/mol. The largest absolute Gasteiger partial charge is 0.469 e. The van der Waals surface area contributed by atoms with Gasteiger partial charge in [-0.1, -0.05) is 25.3 Å². The van der Waals surface area contributed by atoms with Crippen LogP contribution in [0.25, 0.3) is 5.57 Å². The Hall–Kier alpha value is -2.41. The van der Waals surface area contributed by atoms with E-state index in [0.29, 0.717) is 17.8 Å². The number of aliphatic hydroxyl groups is 1. The molecule has 0 radical (unpaired) electrons. The third kappa shape index (κ3) is 3.24. The molecule has 32 heavy (non-hydrogen) atoms. The lowest BCUT2D eigenvalue weighted by atomic mass is 9.87. The Morgan fingerprint density at radius 1 is 1.16 bits per heavy atom. The summed E-state index contributed by atoms with van der Waals surface area (Å²) in [5.41, 5.74) is 2.43. The van der Waals surface area contributed by atoms with Crippen LogP contribution in [-0.4, -0.2) is 46.2 Å². The van der Waals surface area contributed by atoms with Crippen molar-refractivity contribution in [2.45, 2.75) is 70.0 Å². The zero-order chi connectivity index (χ0) is 22.4. The van der Waals surface area contributed by atoms with Crippen LogP contribution in [0, 0.1) is 17.8 Å². The number of carbonyl (C=O) groups excluding carboxylic acids is 2. The summed E-state index contributed by atoms with van der Waals surface area (Å²) in [5.74, 6) is -1.54. The maximum absolute atomic E-state index is 13.7. The Morgan fingerprint density at radius 2 is 1.94 bits per heavy atom. The summed E-state index contributed by atoms with van der Waals surface area (Å²) in [6.45, 7) is 0.0824. The van der Waals surface area contributed by atoms with Gasteiger partial charge in [-0.15, -0.1) is 0 Å². The third-order valence-electron chi connectivity index (χ3n) is 8.11. The van der Waals surface area contributed by atoms with Gasteiger partial charge < -0.3 is 19.3 Å². The third-order valence-corrected chi connectivity index (χ3v) is 8.11. The Balaban J connectivity index is 1.61. The highest BCUT2D eigenvalue weighted by atomic mass is 16.5. The number of ether oxygens (including phenoxy) is 1. The topological polar surface area (TPSA) is 88.8 Å². The van der Waals surface area contributed by atoms with Gasteiger partial charge >= 0.3 is 5.97 Å². The Morgan fingerprint density at radius 3 is 2.59 bits per heavy atom. The van der Waals surface area contributed by atoms with Gasteiger partial charge in [-0.3, -0.25) is 14.4 Å². The first-order valence-corrected chi connectivity index (χ1v) is 12.0. The first-order valence-electron chi connectivity index (χ1n) is 12.0. The molecule has 7 nitrogen and oxygen atoms in total. The number of hydrogen-bond donors (Lipinski definition) is 1. The van der Waals surface area contributed by atoms with Crippen LogP contribution in [0.2, 0.25) is 0 Å². The molecule has 4 aliphatic rings. The minimum Gasteiger partial charge on any atom is -0.469 e. The molecule has 172 valence electrons. The summed E-state index contributed by atoms with van der Waals surface area (Å²) in [5, 5.41) is 10.3. The van der Waals surface area contributed by atoms with Crippen LogP contribution in [0.4, 0.5) is 0 Å². The number of hydrogen-bond acceptors (Lipinski definition) is 5. The van der Waals surface area contributed by atoms with Gasteiger partial charge in [-0.25, -0.2) is 0 Å². The number of methoxy groups -OCH3 is 1. The lowest BCUT2D eigenvalue weighted by Gasteiger charge is -2.40. The molecule has 1 N–H and O–H groups in total. The molecular weight excluding hydrogens is 408 g/mol. The molecule has 1 saturated carbocycles. The van der Waals surface area contributed by atoms with E-state index in [2.05, 4.69) is 6.08 Å². The van der Waals surface area contributed by atoms with Crippen molar-refractivity contribution in [1.82, 2.24) is 9.47 Å². The van der Waals surface area contributed by atoms with Crippen molar-refractivity contribution in [1.29, 1.82) is 0 Å². The van der Waals surface area contributed by atoms with Crippen molar-refractivity contribution in [2.24, 2.45) is 17.8 Å². The molecule has 2 aliphatic carbocycles. The quantitative estimate of drug-likeness (QED) is 0.727. The summed E-state index contributed by atoms with van der Waals surface area (Å²) in [4.78, 5) is 41.9. The number of rotatable bonds is 4. The second kappa shape index (κ2) is 8.50. The van der Waals surface area contributed by atoms with Crippen LogP contribution in [0.1, 0.15) is 68.7 Å². The molecule has 0 spiro atoms. The fourth-order valence-corrected chi connectivity index (χ4v) is 6.53. The van der Waals surface area contributed by atoms with Crippen LogP contribution >= 0.6 is 0 Å². The number of amides is 1. The first kappa shape index (κ1) is 21.4. The van der Waals surface area contributed by atoms with Gasteiger partial charge in [-0.05, 0) is 49.8 Å². The second-order valence-electron chi connectivity index (χ2n) is 9.70. The molecule has 2 fully saturated rings. The molecule has 7 heteroatoms. The molecule has 1 aromatic rings. The van der Waals surface area contributed by atoms with Gasteiger partial charge in [0, 0.05) is 36.2 Å². The number of carbonyl (C=O) groups is 2. The lowest BCUT2D eigenvalue weighted by Crippen LogP contribution is -2.51. The van der Waals surface area contributed by atoms with Gasteiger partial charge in [0.05, 0.1) is 25.1 Å². The van der Waals surface area contributed by atoms with Crippen molar-refractivity contribution in [3.63, 3.8) is 0 Å². The van der Waals surface area contributed by atoms with E-state index in [1.54, 1.807) is 4.57 Å². The molecule has 3 heterocycles. The number of aliphatic hydroxyl groups excluding tert-OH is 1. The number of fused-ring (bicyclic) bond motifs is 4. The van der Waals surface area contributed by atoms with Gasteiger partial charge in [-0.2, -0.15) is 0 Å². The van der Waals surface area contributed by atoms with Crippen LogP contribution in [0.3, 0.4) is 0 Å². The molecule has 1 aromatic heterocycles. The fraction of sp³-hybridized carbons (Fsp3) is 0.640. The summed E-state index contributed by atoms with van der Waals surface area (Å²) < 4.78 is 6.86. The molecule has 2 aliphatic heterocycles. The fourth-order valence-electron chi connectivity index (χ4n) is 6.53. The molecule has 0 unspecified atom stereocenters. The van der Waals surface area contributed by atoms with E-state index >= 15 is 0 Å². The average Bonchev–Trinajstić information content (AvgIpc) is 3.43. The Labute approximate surface area is 188 Å². The lowest BCUT2D eigenvalue weighted by molar-refractivity contribution is -0.149. The molecule has 4 atom stereocenters. The van der Waals surface area contributed by atoms with E-state index in [9.17, 15) is 19.5 Å². The monoisotopic (exact) mass is 440 g/mol. The van der Waals surface area contributed by atoms with E-state index in [0.717, 1.165) is 56.9 Å². The summed E-state index contributed by atoms with van der Waals surface area (Å²) >= 11 is 0. The molecule has 5 rings (SSSR count). The SMILES string of the molecule is COC(=O)[C@H]1[C@H](CO)[C@H]2Cn3c(ccc(C4=CCCC4)c3=O)[C@@H]1N2C(=O)C1CCCCC1. The minimum atomic E-state index is -0.674. The number of allylic oxidation sites excluding steroid dienone is 2. The average molecular weight is 441 g/mol. The zero-order valence-electron chi connectivity index (χ0n) is 18.7. The van der Waals surface area contributed by atoms with Gasteiger partial charge in [0.1, 0.15) is 0 Å². The first-order chi connectivity index (χ1) is 15.6. The van der Waals surface area contributed by atoms with Gasteiger partial charge in [0.15, 0.2) is 0 Å². The van der Waals surface area contributed by atoms with E-state index in [-0.39, 0.29) is 30.0 Å². The zero-order valence-corrected chi connectivity index (χ0v) is 18.7. The maximum atomic E-state index is 13.7. The Kier molecular flexibility index (Phi) is 5.70. The standard InChI is InChI=1S/C25H32N2O5/c1-32-25(31)21-18(14-28)20-13-26-19(12-11-17(24(26)30)15-7-5-6-8-15)22(21)27(20)23(29)16-9-3-2-4-10-16/h7,11-12,16,18,20-22,28H,2-6,8-10,13-14H2,1H3/t18-,20-,21+,22+/m1/s1. The summed E-state index contributed by atoms with van der Waals surface area (Å²) in [6.07, 6.45) is 10.0. The highest BCUT2D eigenvalue weighted by molar-refractivity contribution is 5.83. The smallest absolute Gasteiger partial charge is 0.311 e. The van der Waals surface area contributed by atoms with E-state index in [1.807, 2.05) is 17.0 Å². The van der Waals surface area contributed by atoms with Crippen molar-refractivity contribution in [2.75, 3.05) is 13.7 Å². The molecule has 0 aromatic carbocycles. The predicted octanol–water partition coefficient (Wildman–Crippen LogP) is 2.66.